The molecule has 0 aliphatic rings. The molecule has 0 fully saturated rings. The molecule has 4 heteroatoms. The summed E-state index contributed by atoms with van der Waals surface area (Å²) in [6.45, 7) is 0. The van der Waals surface area contributed by atoms with E-state index in [1.165, 1.54) is 0 Å². The minimum Gasteiger partial charge on any atom is -0.397 e. The van der Waals surface area contributed by atoms with Gasteiger partial charge in [0.25, 0.3) is 0 Å². The Morgan fingerprint density at radius 2 is 2.31 bits per heavy atom. The highest BCUT2D eigenvalue weighted by molar-refractivity contribution is 5.76. The SMILES string of the molecule is NC(=O)CC=Cc1ccc(N)cn1. The van der Waals surface area contributed by atoms with E-state index in [1.54, 1.807) is 30.5 Å². The minimum atomic E-state index is -0.355. The van der Waals surface area contributed by atoms with Crippen molar-refractivity contribution in [1.29, 1.82) is 0 Å². The van der Waals surface area contributed by atoms with Gasteiger partial charge in [-0.1, -0.05) is 6.08 Å². The fourth-order valence-electron chi connectivity index (χ4n) is 0.811. The molecule has 0 saturated carbocycles. The van der Waals surface area contributed by atoms with Crippen LogP contribution >= 0.6 is 0 Å². The Hall–Kier alpha value is -1.84. The summed E-state index contributed by atoms with van der Waals surface area (Å²) in [5.74, 6) is -0.355. The van der Waals surface area contributed by atoms with E-state index in [0.29, 0.717) is 5.69 Å². The van der Waals surface area contributed by atoms with Gasteiger partial charge in [0.2, 0.25) is 5.91 Å². The number of nitrogens with zero attached hydrogens (tertiary/aromatic N) is 1. The molecule has 0 spiro atoms. The summed E-state index contributed by atoms with van der Waals surface area (Å²) in [7, 11) is 0. The monoisotopic (exact) mass is 177 g/mol. The fourth-order valence-corrected chi connectivity index (χ4v) is 0.811. The van der Waals surface area contributed by atoms with Crippen molar-refractivity contribution in [1.82, 2.24) is 4.98 Å². The maximum Gasteiger partial charge on any atom is 0.221 e. The van der Waals surface area contributed by atoms with Gasteiger partial charge in [-0.15, -0.1) is 0 Å². The average molecular weight is 177 g/mol. The lowest BCUT2D eigenvalue weighted by Crippen LogP contribution is -2.07. The van der Waals surface area contributed by atoms with Gasteiger partial charge < -0.3 is 11.5 Å². The summed E-state index contributed by atoms with van der Waals surface area (Å²) in [5.41, 5.74) is 11.8. The molecular weight excluding hydrogens is 166 g/mol. The van der Waals surface area contributed by atoms with E-state index in [-0.39, 0.29) is 12.3 Å². The number of nitrogen functional groups attached to an aromatic ring is 1. The lowest BCUT2D eigenvalue weighted by Gasteiger charge is -1.93. The molecule has 13 heavy (non-hydrogen) atoms. The van der Waals surface area contributed by atoms with Crippen LogP contribution in [-0.2, 0) is 4.79 Å². The van der Waals surface area contributed by atoms with Crippen LogP contribution in [0, 0.1) is 0 Å². The normalized spacial score (nSPS) is 10.5. The van der Waals surface area contributed by atoms with Crippen molar-refractivity contribution in [3.05, 3.63) is 30.1 Å². The summed E-state index contributed by atoms with van der Waals surface area (Å²) in [6, 6.07) is 3.52. The molecule has 4 N–H and O–H groups in total. The number of aromatic nitrogens is 1. The maximum absolute atomic E-state index is 10.4. The molecule has 1 aromatic heterocycles. The first kappa shape index (κ1) is 9.25. The Balaban J connectivity index is 2.59. The molecule has 0 bridgehead atoms. The summed E-state index contributed by atoms with van der Waals surface area (Å²) in [6.07, 6.45) is 5.18. The van der Waals surface area contributed by atoms with Crippen LogP contribution in [-0.4, -0.2) is 10.9 Å². The molecule has 1 rings (SSSR count). The first-order chi connectivity index (χ1) is 6.18. The lowest BCUT2D eigenvalue weighted by molar-refractivity contribution is -0.117. The molecule has 0 aliphatic carbocycles. The number of carbonyl (C=O) groups excluding carboxylic acids is 1. The molecule has 1 aromatic rings. The third-order valence-corrected chi connectivity index (χ3v) is 1.42. The molecule has 68 valence electrons. The van der Waals surface area contributed by atoms with Crippen molar-refractivity contribution in [2.45, 2.75) is 6.42 Å². The van der Waals surface area contributed by atoms with E-state index in [1.807, 2.05) is 0 Å². The quantitative estimate of drug-likeness (QED) is 0.707. The fraction of sp³-hybridized carbons (Fsp3) is 0.111. The lowest BCUT2D eigenvalue weighted by atomic mass is 10.3. The van der Waals surface area contributed by atoms with E-state index in [9.17, 15) is 4.79 Å². The van der Waals surface area contributed by atoms with Gasteiger partial charge in [-0.3, -0.25) is 9.78 Å². The first-order valence-corrected chi connectivity index (χ1v) is 3.85. The van der Waals surface area contributed by atoms with Crippen molar-refractivity contribution in [2.75, 3.05) is 5.73 Å². The Bertz CT molecular complexity index is 316. The second-order valence-corrected chi connectivity index (χ2v) is 2.59. The number of hydrogen-bond acceptors (Lipinski definition) is 3. The number of rotatable bonds is 3. The van der Waals surface area contributed by atoms with E-state index >= 15 is 0 Å². The van der Waals surface area contributed by atoms with Crippen LogP contribution in [0.25, 0.3) is 6.08 Å². The smallest absolute Gasteiger partial charge is 0.221 e. The van der Waals surface area contributed by atoms with Crippen LogP contribution in [0.2, 0.25) is 0 Å². The Morgan fingerprint density at radius 3 is 2.85 bits per heavy atom. The average Bonchev–Trinajstić information content (AvgIpc) is 2.08. The van der Waals surface area contributed by atoms with E-state index in [4.69, 9.17) is 11.5 Å². The third-order valence-electron chi connectivity index (χ3n) is 1.42. The van der Waals surface area contributed by atoms with Crippen molar-refractivity contribution < 1.29 is 4.79 Å². The zero-order valence-corrected chi connectivity index (χ0v) is 7.10. The molecule has 1 heterocycles. The van der Waals surface area contributed by atoms with Gasteiger partial charge >= 0.3 is 0 Å². The molecule has 0 atom stereocenters. The van der Waals surface area contributed by atoms with Crippen LogP contribution in [0.1, 0.15) is 12.1 Å². The standard InChI is InChI=1S/C9H11N3O/c10-7-4-5-8(12-6-7)2-1-3-9(11)13/h1-2,4-6H,3,10H2,(H2,11,13). The van der Waals surface area contributed by atoms with Gasteiger partial charge in [-0.05, 0) is 18.2 Å². The van der Waals surface area contributed by atoms with E-state index in [0.717, 1.165) is 5.69 Å². The summed E-state index contributed by atoms with van der Waals surface area (Å²) in [4.78, 5) is 14.4. The molecule has 0 radical (unpaired) electrons. The summed E-state index contributed by atoms with van der Waals surface area (Å²) < 4.78 is 0. The molecule has 4 nitrogen and oxygen atoms in total. The van der Waals surface area contributed by atoms with E-state index in [2.05, 4.69) is 4.98 Å². The summed E-state index contributed by atoms with van der Waals surface area (Å²) in [5, 5.41) is 0. The van der Waals surface area contributed by atoms with Gasteiger partial charge in [-0.2, -0.15) is 0 Å². The van der Waals surface area contributed by atoms with Crippen molar-refractivity contribution in [2.24, 2.45) is 5.73 Å². The Labute approximate surface area is 76.3 Å². The number of nitrogens with two attached hydrogens (primary N) is 2. The Kier molecular flexibility index (Phi) is 3.03. The number of pyridine rings is 1. The first-order valence-electron chi connectivity index (χ1n) is 3.85. The number of amides is 1. The number of hydrogen-bond donors (Lipinski definition) is 2. The van der Waals surface area contributed by atoms with Crippen molar-refractivity contribution >= 4 is 17.7 Å². The zero-order chi connectivity index (χ0) is 9.68. The highest BCUT2D eigenvalue weighted by atomic mass is 16.1. The number of primary amides is 1. The molecule has 0 saturated heterocycles. The van der Waals surface area contributed by atoms with Gasteiger partial charge in [0, 0.05) is 6.42 Å². The van der Waals surface area contributed by atoms with E-state index < -0.39 is 0 Å². The zero-order valence-electron chi connectivity index (χ0n) is 7.10. The highest BCUT2D eigenvalue weighted by Gasteiger charge is 1.89. The van der Waals surface area contributed by atoms with Crippen molar-refractivity contribution in [3.8, 4) is 0 Å². The molecule has 0 aromatic carbocycles. The van der Waals surface area contributed by atoms with Gasteiger partial charge in [0.1, 0.15) is 0 Å². The predicted molar refractivity (Wildman–Crippen MR) is 51.5 cm³/mol. The predicted octanol–water partition coefficient (Wildman–Crippen LogP) is 0.552. The summed E-state index contributed by atoms with van der Waals surface area (Å²) >= 11 is 0. The highest BCUT2D eigenvalue weighted by Crippen LogP contribution is 2.02. The second kappa shape index (κ2) is 4.25. The number of carbonyl (C=O) groups is 1. The molecule has 0 aliphatic heterocycles. The maximum atomic E-state index is 10.4. The van der Waals surface area contributed by atoms with Crippen LogP contribution in [0.4, 0.5) is 5.69 Å². The largest absolute Gasteiger partial charge is 0.397 e. The van der Waals surface area contributed by atoms with Crippen molar-refractivity contribution in [3.63, 3.8) is 0 Å². The Morgan fingerprint density at radius 1 is 1.54 bits per heavy atom. The minimum absolute atomic E-state index is 0.228. The third kappa shape index (κ3) is 3.37. The second-order valence-electron chi connectivity index (χ2n) is 2.59. The van der Waals surface area contributed by atoms with Gasteiger partial charge in [-0.25, -0.2) is 0 Å². The van der Waals surface area contributed by atoms with Crippen LogP contribution in [0.15, 0.2) is 24.4 Å². The van der Waals surface area contributed by atoms with Crippen LogP contribution in [0.5, 0.6) is 0 Å². The molecule has 1 amide bonds. The topological polar surface area (TPSA) is 82.0 Å². The van der Waals surface area contributed by atoms with Gasteiger partial charge in [0.15, 0.2) is 0 Å². The van der Waals surface area contributed by atoms with Gasteiger partial charge in [0.05, 0.1) is 17.6 Å². The van der Waals surface area contributed by atoms with Crippen LogP contribution in [0.3, 0.4) is 0 Å². The molecule has 0 unspecified atom stereocenters. The molecular formula is C9H11N3O. The van der Waals surface area contributed by atoms with Crippen LogP contribution < -0.4 is 11.5 Å². The number of anilines is 1.